The van der Waals surface area contributed by atoms with E-state index in [0.29, 0.717) is 18.0 Å². The van der Waals surface area contributed by atoms with Crippen molar-refractivity contribution >= 4 is 16.5 Å². The molecular formula is C16H31N3S. The molecule has 0 radical (unpaired) electrons. The maximum atomic E-state index is 4.96. The summed E-state index contributed by atoms with van der Waals surface area (Å²) in [5, 5.41) is 4.71. The van der Waals surface area contributed by atoms with Gasteiger partial charge in [-0.3, -0.25) is 0 Å². The Bertz CT molecular complexity index is 398. The zero-order valence-corrected chi connectivity index (χ0v) is 15.0. The van der Waals surface area contributed by atoms with Gasteiger partial charge < -0.3 is 10.2 Å². The maximum absolute atomic E-state index is 4.96. The molecule has 1 atom stereocenters. The minimum atomic E-state index is 0.502. The third-order valence-corrected chi connectivity index (χ3v) is 4.78. The summed E-state index contributed by atoms with van der Waals surface area (Å²) in [5.74, 6) is 0.537. The van der Waals surface area contributed by atoms with Gasteiger partial charge in [0.2, 0.25) is 0 Å². The van der Waals surface area contributed by atoms with E-state index >= 15 is 0 Å². The quantitative estimate of drug-likeness (QED) is 0.771. The number of hydrogen-bond acceptors (Lipinski definition) is 4. The van der Waals surface area contributed by atoms with Crippen LogP contribution in [0.4, 0.5) is 5.13 Å². The van der Waals surface area contributed by atoms with Gasteiger partial charge in [0.05, 0.1) is 5.69 Å². The molecule has 0 aliphatic carbocycles. The topological polar surface area (TPSA) is 28.2 Å². The molecule has 1 aromatic rings. The molecule has 0 aromatic carbocycles. The number of rotatable bonds is 8. The summed E-state index contributed by atoms with van der Waals surface area (Å²) in [5.41, 5.74) is 1.29. The lowest BCUT2D eigenvalue weighted by atomic mass is 10.0. The van der Waals surface area contributed by atoms with Crippen LogP contribution in [0.5, 0.6) is 0 Å². The van der Waals surface area contributed by atoms with Crippen molar-refractivity contribution < 1.29 is 0 Å². The highest BCUT2D eigenvalue weighted by molar-refractivity contribution is 7.15. The Morgan fingerprint density at radius 2 is 1.80 bits per heavy atom. The van der Waals surface area contributed by atoms with Gasteiger partial charge >= 0.3 is 0 Å². The summed E-state index contributed by atoms with van der Waals surface area (Å²) in [6, 6.07) is 1.01. The van der Waals surface area contributed by atoms with Crippen LogP contribution in [0.3, 0.4) is 0 Å². The SMILES string of the molecule is CCC(C)c1nc(N(CC)C(C)C)sc1CNC(C)C. The fourth-order valence-corrected chi connectivity index (χ4v) is 3.53. The van der Waals surface area contributed by atoms with E-state index in [1.807, 2.05) is 11.3 Å². The van der Waals surface area contributed by atoms with E-state index in [1.54, 1.807) is 0 Å². The van der Waals surface area contributed by atoms with Crippen molar-refractivity contribution in [3.8, 4) is 0 Å². The Morgan fingerprint density at radius 1 is 1.15 bits per heavy atom. The van der Waals surface area contributed by atoms with E-state index < -0.39 is 0 Å². The van der Waals surface area contributed by atoms with Crippen LogP contribution in [0.1, 0.15) is 71.4 Å². The molecule has 4 heteroatoms. The molecule has 1 heterocycles. The largest absolute Gasteiger partial charge is 0.346 e. The normalized spacial score (nSPS) is 13.2. The highest BCUT2D eigenvalue weighted by Crippen LogP contribution is 2.33. The Labute approximate surface area is 128 Å². The number of aromatic nitrogens is 1. The first-order valence-electron chi connectivity index (χ1n) is 7.90. The van der Waals surface area contributed by atoms with E-state index in [0.717, 1.165) is 19.5 Å². The van der Waals surface area contributed by atoms with Crippen LogP contribution in [0, 0.1) is 0 Å². The first-order valence-corrected chi connectivity index (χ1v) is 8.71. The van der Waals surface area contributed by atoms with Crippen LogP contribution in [0.2, 0.25) is 0 Å². The van der Waals surface area contributed by atoms with E-state index in [4.69, 9.17) is 4.98 Å². The molecule has 20 heavy (non-hydrogen) atoms. The lowest BCUT2D eigenvalue weighted by Gasteiger charge is -2.24. The van der Waals surface area contributed by atoms with Crippen molar-refractivity contribution in [2.75, 3.05) is 11.4 Å². The number of anilines is 1. The van der Waals surface area contributed by atoms with Crippen molar-refractivity contribution in [3.05, 3.63) is 10.6 Å². The van der Waals surface area contributed by atoms with Crippen LogP contribution in [0.15, 0.2) is 0 Å². The molecule has 1 unspecified atom stereocenters. The molecule has 3 nitrogen and oxygen atoms in total. The van der Waals surface area contributed by atoms with Gasteiger partial charge in [-0.15, -0.1) is 11.3 Å². The van der Waals surface area contributed by atoms with Crippen LogP contribution < -0.4 is 10.2 Å². The van der Waals surface area contributed by atoms with Gasteiger partial charge in [-0.05, 0) is 33.1 Å². The predicted molar refractivity (Wildman–Crippen MR) is 91.0 cm³/mol. The molecule has 0 saturated carbocycles. The molecule has 0 fully saturated rings. The molecule has 1 aromatic heterocycles. The fraction of sp³-hybridized carbons (Fsp3) is 0.812. The Balaban J connectivity index is 3.04. The zero-order chi connectivity index (χ0) is 15.3. The first kappa shape index (κ1) is 17.4. The third-order valence-electron chi connectivity index (χ3n) is 3.68. The molecule has 0 spiro atoms. The monoisotopic (exact) mass is 297 g/mol. The fourth-order valence-electron chi connectivity index (χ4n) is 2.20. The molecule has 0 aliphatic heterocycles. The predicted octanol–water partition coefficient (Wildman–Crippen LogP) is 4.39. The smallest absolute Gasteiger partial charge is 0.186 e. The average molecular weight is 298 g/mol. The molecule has 116 valence electrons. The Kier molecular flexibility index (Phi) is 6.96. The summed E-state index contributed by atoms with van der Waals surface area (Å²) < 4.78 is 0. The summed E-state index contributed by atoms with van der Waals surface area (Å²) in [7, 11) is 0. The van der Waals surface area contributed by atoms with Crippen molar-refractivity contribution in [1.82, 2.24) is 10.3 Å². The van der Waals surface area contributed by atoms with Crippen LogP contribution in [0.25, 0.3) is 0 Å². The molecule has 1 N–H and O–H groups in total. The Morgan fingerprint density at radius 3 is 2.25 bits per heavy atom. The summed E-state index contributed by atoms with van der Waals surface area (Å²) in [6.45, 7) is 17.5. The number of nitrogens with one attached hydrogen (secondary N) is 1. The Hall–Kier alpha value is -0.610. The second-order valence-electron chi connectivity index (χ2n) is 6.03. The molecular weight excluding hydrogens is 266 g/mol. The summed E-state index contributed by atoms with van der Waals surface area (Å²) in [6.07, 6.45) is 1.14. The lowest BCUT2D eigenvalue weighted by molar-refractivity contribution is 0.584. The van der Waals surface area contributed by atoms with Crippen molar-refractivity contribution in [2.24, 2.45) is 0 Å². The van der Waals surface area contributed by atoms with Crippen molar-refractivity contribution in [1.29, 1.82) is 0 Å². The van der Waals surface area contributed by atoms with E-state index in [-0.39, 0.29) is 0 Å². The zero-order valence-electron chi connectivity index (χ0n) is 14.2. The minimum absolute atomic E-state index is 0.502. The van der Waals surface area contributed by atoms with Gasteiger partial charge in [0.1, 0.15) is 0 Å². The maximum Gasteiger partial charge on any atom is 0.186 e. The standard InChI is InChI=1S/C16H31N3S/c1-8-13(7)15-14(10-17-11(3)4)20-16(18-15)19(9-2)12(5)6/h11-13,17H,8-10H2,1-7H3. The van der Waals surface area contributed by atoms with Crippen LogP contribution >= 0.6 is 11.3 Å². The van der Waals surface area contributed by atoms with Gasteiger partial charge in [-0.2, -0.15) is 0 Å². The number of nitrogens with zero attached hydrogens (tertiary/aromatic N) is 2. The minimum Gasteiger partial charge on any atom is -0.346 e. The second kappa shape index (κ2) is 7.99. The van der Waals surface area contributed by atoms with Gasteiger partial charge in [0, 0.05) is 30.1 Å². The van der Waals surface area contributed by atoms with Gasteiger partial charge in [-0.25, -0.2) is 4.98 Å². The van der Waals surface area contributed by atoms with Crippen molar-refractivity contribution in [3.63, 3.8) is 0 Å². The van der Waals surface area contributed by atoms with E-state index in [1.165, 1.54) is 15.7 Å². The van der Waals surface area contributed by atoms with E-state index in [9.17, 15) is 0 Å². The second-order valence-corrected chi connectivity index (χ2v) is 7.09. The van der Waals surface area contributed by atoms with Crippen LogP contribution in [-0.4, -0.2) is 23.6 Å². The highest BCUT2D eigenvalue weighted by Gasteiger charge is 2.20. The highest BCUT2D eigenvalue weighted by atomic mass is 32.1. The third kappa shape index (κ3) is 4.45. The average Bonchev–Trinajstić information content (AvgIpc) is 2.79. The van der Waals surface area contributed by atoms with Gasteiger partial charge in [0.15, 0.2) is 5.13 Å². The lowest BCUT2D eigenvalue weighted by Crippen LogP contribution is -2.30. The van der Waals surface area contributed by atoms with Gasteiger partial charge in [0.25, 0.3) is 0 Å². The molecule has 1 rings (SSSR count). The molecule has 0 aliphatic rings. The molecule has 0 bridgehead atoms. The molecule has 0 saturated heterocycles. The number of hydrogen-bond donors (Lipinski definition) is 1. The molecule has 0 amide bonds. The van der Waals surface area contributed by atoms with Gasteiger partial charge in [-0.1, -0.05) is 27.7 Å². The summed E-state index contributed by atoms with van der Waals surface area (Å²) >= 11 is 1.86. The van der Waals surface area contributed by atoms with Crippen molar-refractivity contribution in [2.45, 2.75) is 79.4 Å². The summed E-state index contributed by atoms with van der Waals surface area (Å²) in [4.78, 5) is 8.74. The van der Waals surface area contributed by atoms with Crippen LogP contribution in [-0.2, 0) is 6.54 Å². The first-order chi connectivity index (χ1) is 9.40. The number of thiazole rings is 1. The van der Waals surface area contributed by atoms with E-state index in [2.05, 4.69) is 58.7 Å².